The summed E-state index contributed by atoms with van der Waals surface area (Å²) in [5.41, 5.74) is 8.98. The van der Waals surface area contributed by atoms with Crippen molar-refractivity contribution >= 4 is 29.1 Å². The second-order valence-electron chi connectivity index (χ2n) is 5.63. The van der Waals surface area contributed by atoms with Crippen LogP contribution in [0.25, 0.3) is 0 Å². The van der Waals surface area contributed by atoms with Gasteiger partial charge >= 0.3 is 0 Å². The molecule has 0 saturated heterocycles. The summed E-state index contributed by atoms with van der Waals surface area (Å²) < 4.78 is 0. The number of hydrogen-bond acceptors (Lipinski definition) is 5. The molecule has 0 unspecified atom stereocenters. The Bertz CT molecular complexity index is 1020. The first-order chi connectivity index (χ1) is 12.2. The van der Waals surface area contributed by atoms with Gasteiger partial charge in [-0.1, -0.05) is 47.6 Å². The summed E-state index contributed by atoms with van der Waals surface area (Å²) in [4.78, 5) is 2.83. The SMILES string of the molecule is N#CC1=C(N)N2C(=C(C#N)[C@H]1c1ccc(Cl)cc1)Sc1ccccc12. The maximum atomic E-state index is 9.86. The van der Waals surface area contributed by atoms with Gasteiger partial charge in [0.15, 0.2) is 0 Å². The van der Waals surface area contributed by atoms with Gasteiger partial charge in [0.1, 0.15) is 10.9 Å². The van der Waals surface area contributed by atoms with Crippen molar-refractivity contribution in [3.05, 3.63) is 81.1 Å². The Morgan fingerprint density at radius 2 is 1.68 bits per heavy atom. The summed E-state index contributed by atoms with van der Waals surface area (Å²) in [7, 11) is 0. The van der Waals surface area contributed by atoms with E-state index in [2.05, 4.69) is 12.1 Å². The summed E-state index contributed by atoms with van der Waals surface area (Å²) >= 11 is 7.48. The van der Waals surface area contributed by atoms with E-state index in [9.17, 15) is 10.5 Å². The molecule has 6 heteroatoms. The monoisotopic (exact) mass is 362 g/mol. The van der Waals surface area contributed by atoms with Gasteiger partial charge in [0.25, 0.3) is 0 Å². The molecular weight excluding hydrogens is 352 g/mol. The molecule has 0 saturated carbocycles. The van der Waals surface area contributed by atoms with E-state index in [1.807, 2.05) is 41.3 Å². The lowest BCUT2D eigenvalue weighted by Crippen LogP contribution is -2.32. The van der Waals surface area contributed by atoms with Crippen molar-refractivity contribution in [2.45, 2.75) is 10.8 Å². The van der Waals surface area contributed by atoms with Crippen LogP contribution in [0.5, 0.6) is 0 Å². The van der Waals surface area contributed by atoms with Crippen molar-refractivity contribution in [2.75, 3.05) is 4.90 Å². The molecule has 2 heterocycles. The van der Waals surface area contributed by atoms with Gasteiger partial charge in [0, 0.05) is 9.92 Å². The van der Waals surface area contributed by atoms with Crippen molar-refractivity contribution in [1.29, 1.82) is 10.5 Å². The Balaban J connectivity index is 1.96. The van der Waals surface area contributed by atoms with Crippen molar-refractivity contribution in [1.82, 2.24) is 0 Å². The molecule has 0 radical (unpaired) electrons. The third-order valence-corrected chi connectivity index (χ3v) is 5.70. The smallest absolute Gasteiger partial charge is 0.123 e. The Morgan fingerprint density at radius 1 is 1.00 bits per heavy atom. The quantitative estimate of drug-likeness (QED) is 0.809. The number of allylic oxidation sites excluding steroid dienone is 2. The summed E-state index contributed by atoms with van der Waals surface area (Å²) in [5, 5.41) is 21.0. The van der Waals surface area contributed by atoms with Crippen molar-refractivity contribution in [3.8, 4) is 12.1 Å². The van der Waals surface area contributed by atoms with E-state index in [4.69, 9.17) is 17.3 Å². The number of nitriles is 2. The number of nitrogens with zero attached hydrogens (tertiary/aromatic N) is 3. The molecule has 25 heavy (non-hydrogen) atoms. The summed E-state index contributed by atoms with van der Waals surface area (Å²) in [6, 6.07) is 19.5. The lowest BCUT2D eigenvalue weighted by atomic mass is 9.83. The molecule has 2 aromatic carbocycles. The Kier molecular flexibility index (Phi) is 3.69. The summed E-state index contributed by atoms with van der Waals surface area (Å²) in [5.74, 6) is -0.116. The molecule has 4 nitrogen and oxygen atoms in total. The van der Waals surface area contributed by atoms with E-state index in [0.717, 1.165) is 21.2 Å². The van der Waals surface area contributed by atoms with Crippen molar-refractivity contribution in [2.24, 2.45) is 5.73 Å². The number of halogens is 1. The van der Waals surface area contributed by atoms with Crippen LogP contribution in [0.4, 0.5) is 5.69 Å². The molecule has 0 bridgehead atoms. The Labute approximate surface area is 154 Å². The lowest BCUT2D eigenvalue weighted by Gasteiger charge is -2.31. The number of hydrogen-bond donors (Lipinski definition) is 1. The Morgan fingerprint density at radius 3 is 2.36 bits per heavy atom. The van der Waals surface area contributed by atoms with Crippen LogP contribution in [-0.2, 0) is 0 Å². The number of anilines is 1. The normalized spacial score (nSPS) is 18.5. The molecule has 0 aromatic heterocycles. The summed E-state index contributed by atoms with van der Waals surface area (Å²) in [6.07, 6.45) is 0. The van der Waals surface area contributed by atoms with Gasteiger partial charge in [-0.3, -0.25) is 4.90 Å². The first kappa shape index (κ1) is 15.7. The number of rotatable bonds is 1. The number of thioether (sulfide) groups is 1. The van der Waals surface area contributed by atoms with Crippen LogP contribution < -0.4 is 10.6 Å². The fraction of sp³-hybridized carbons (Fsp3) is 0.0526. The number of nitrogens with two attached hydrogens (primary N) is 1. The van der Waals surface area contributed by atoms with Gasteiger partial charge in [-0.05, 0) is 29.8 Å². The average Bonchev–Trinajstić information content (AvgIpc) is 3.02. The molecule has 2 aliphatic rings. The molecule has 1 atom stereocenters. The van der Waals surface area contributed by atoms with Crippen LogP contribution in [0.1, 0.15) is 11.5 Å². The standard InChI is InChI=1S/C19H11ClN4S/c20-12-7-5-11(6-8-12)17-13(9-21)18(23)24-15-3-1-2-4-16(15)25-19(24)14(17)10-22/h1-8,17H,23H2/t17-/m0/s1. The highest BCUT2D eigenvalue weighted by molar-refractivity contribution is 8.03. The van der Waals surface area contributed by atoms with Crippen LogP contribution in [-0.4, -0.2) is 0 Å². The van der Waals surface area contributed by atoms with E-state index in [-0.39, 0.29) is 0 Å². The van der Waals surface area contributed by atoms with Crippen molar-refractivity contribution < 1.29 is 0 Å². The van der Waals surface area contributed by atoms with E-state index in [1.165, 1.54) is 11.8 Å². The molecular formula is C19H11ClN4S. The zero-order chi connectivity index (χ0) is 17.6. The van der Waals surface area contributed by atoms with Crippen LogP contribution in [0.15, 0.2) is 75.4 Å². The fourth-order valence-corrected chi connectivity index (χ4v) is 4.47. The zero-order valence-electron chi connectivity index (χ0n) is 12.9. The van der Waals surface area contributed by atoms with Gasteiger partial charge < -0.3 is 5.73 Å². The van der Waals surface area contributed by atoms with Gasteiger partial charge in [-0.2, -0.15) is 10.5 Å². The van der Waals surface area contributed by atoms with Gasteiger partial charge in [-0.15, -0.1) is 0 Å². The second-order valence-corrected chi connectivity index (χ2v) is 7.10. The van der Waals surface area contributed by atoms with E-state index < -0.39 is 5.92 Å². The highest BCUT2D eigenvalue weighted by Crippen LogP contribution is 2.54. The second kappa shape index (κ2) is 5.89. The van der Waals surface area contributed by atoms with Crippen molar-refractivity contribution in [3.63, 3.8) is 0 Å². The highest BCUT2D eigenvalue weighted by atomic mass is 35.5. The molecule has 2 aromatic rings. The third kappa shape index (κ3) is 2.29. The molecule has 0 amide bonds. The number of fused-ring (bicyclic) bond motifs is 3. The minimum absolute atomic E-state index is 0.369. The molecule has 2 aliphatic heterocycles. The maximum Gasteiger partial charge on any atom is 0.123 e. The van der Waals surface area contributed by atoms with Crippen LogP contribution >= 0.6 is 23.4 Å². The van der Waals surface area contributed by atoms with Gasteiger partial charge in [-0.25, -0.2) is 0 Å². The van der Waals surface area contributed by atoms with E-state index in [0.29, 0.717) is 22.0 Å². The summed E-state index contributed by atoms with van der Waals surface area (Å²) in [6.45, 7) is 0. The predicted octanol–water partition coefficient (Wildman–Crippen LogP) is 4.48. The Hall–Kier alpha value is -2.86. The number of benzene rings is 2. The predicted molar refractivity (Wildman–Crippen MR) is 98.4 cm³/mol. The van der Waals surface area contributed by atoms with E-state index >= 15 is 0 Å². The number of para-hydroxylation sites is 1. The molecule has 0 fully saturated rings. The first-order valence-corrected chi connectivity index (χ1v) is 8.71. The van der Waals surface area contributed by atoms with Crippen LogP contribution in [0.2, 0.25) is 5.02 Å². The van der Waals surface area contributed by atoms with Gasteiger partial charge in [0.2, 0.25) is 0 Å². The molecule has 120 valence electrons. The average molecular weight is 363 g/mol. The molecule has 4 rings (SSSR count). The molecule has 0 spiro atoms. The molecule has 0 aliphatic carbocycles. The fourth-order valence-electron chi connectivity index (χ4n) is 3.16. The molecule has 2 N–H and O–H groups in total. The minimum atomic E-state index is -0.486. The van der Waals surface area contributed by atoms with Gasteiger partial charge in [0.05, 0.1) is 34.9 Å². The zero-order valence-corrected chi connectivity index (χ0v) is 14.5. The van der Waals surface area contributed by atoms with Crippen LogP contribution in [0, 0.1) is 22.7 Å². The first-order valence-electron chi connectivity index (χ1n) is 7.52. The maximum absolute atomic E-state index is 9.86. The highest BCUT2D eigenvalue weighted by Gasteiger charge is 2.40. The largest absolute Gasteiger partial charge is 0.384 e. The lowest BCUT2D eigenvalue weighted by molar-refractivity contribution is 0.884. The van der Waals surface area contributed by atoms with Crippen LogP contribution in [0.3, 0.4) is 0 Å². The minimum Gasteiger partial charge on any atom is -0.384 e. The van der Waals surface area contributed by atoms with E-state index in [1.54, 1.807) is 12.1 Å². The topological polar surface area (TPSA) is 76.8 Å². The third-order valence-electron chi connectivity index (χ3n) is 4.28.